The van der Waals surface area contributed by atoms with Crippen molar-refractivity contribution in [3.05, 3.63) is 42.5 Å². The largest absolute Gasteiger partial charge is 0.466 e. The van der Waals surface area contributed by atoms with Gasteiger partial charge in [-0.05, 0) is 38.0 Å². The number of piperidine rings is 1. The van der Waals surface area contributed by atoms with E-state index in [0.717, 1.165) is 0 Å². The average molecular weight is 452 g/mol. The molecule has 9 nitrogen and oxygen atoms in total. The van der Waals surface area contributed by atoms with E-state index in [9.17, 15) is 22.8 Å². The quantitative estimate of drug-likeness (QED) is 0.443. The summed E-state index contributed by atoms with van der Waals surface area (Å²) in [7, 11) is -2.28. The minimum atomic E-state index is -3.77. The average Bonchev–Trinajstić information content (AvgIpc) is 2.77. The highest BCUT2D eigenvalue weighted by Crippen LogP contribution is 2.19. The minimum absolute atomic E-state index is 0.0408. The van der Waals surface area contributed by atoms with E-state index in [1.807, 2.05) is 0 Å². The maximum atomic E-state index is 12.7. The normalized spacial score (nSPS) is 14.7. The van der Waals surface area contributed by atoms with Crippen LogP contribution in [0.25, 0.3) is 0 Å². The van der Waals surface area contributed by atoms with E-state index >= 15 is 0 Å². The van der Waals surface area contributed by atoms with E-state index < -0.39 is 15.9 Å². The number of nitrogens with zero attached hydrogens (tertiary/aromatic N) is 2. The fourth-order valence-corrected chi connectivity index (χ4v) is 4.31. The van der Waals surface area contributed by atoms with Crippen molar-refractivity contribution < 1.29 is 27.5 Å². The van der Waals surface area contributed by atoms with Gasteiger partial charge in [-0.3, -0.25) is 14.4 Å². The van der Waals surface area contributed by atoms with Crippen molar-refractivity contribution in [3.8, 4) is 0 Å². The molecule has 1 aliphatic heterocycles. The summed E-state index contributed by atoms with van der Waals surface area (Å²) in [5.41, 5.74) is 0.165. The van der Waals surface area contributed by atoms with Gasteiger partial charge in [-0.15, -0.1) is 6.58 Å². The molecule has 0 spiro atoms. The topological polar surface area (TPSA) is 113 Å². The van der Waals surface area contributed by atoms with Crippen LogP contribution in [0.15, 0.2) is 41.8 Å². The first-order valence-electron chi connectivity index (χ1n) is 10.1. The fourth-order valence-electron chi connectivity index (χ4n) is 3.27. The number of carbonyl (C=O) groups excluding carboxylic acids is 3. The molecule has 0 radical (unpaired) electrons. The van der Waals surface area contributed by atoms with Gasteiger partial charge in [0, 0.05) is 32.2 Å². The van der Waals surface area contributed by atoms with Crippen LogP contribution in [0.5, 0.6) is 0 Å². The number of hydrogen-bond acceptors (Lipinski definition) is 6. The maximum absolute atomic E-state index is 12.7. The van der Waals surface area contributed by atoms with E-state index in [0.29, 0.717) is 32.5 Å². The number of sulfonamides is 1. The van der Waals surface area contributed by atoms with Gasteiger partial charge in [0.1, 0.15) is 0 Å². The molecule has 0 atom stereocenters. The number of ether oxygens (including phenoxy) is 1. The molecule has 170 valence electrons. The third-order valence-electron chi connectivity index (χ3n) is 5.00. The van der Waals surface area contributed by atoms with Gasteiger partial charge >= 0.3 is 5.97 Å². The summed E-state index contributed by atoms with van der Waals surface area (Å²) in [4.78, 5) is 40.0. The molecule has 2 amide bonds. The van der Waals surface area contributed by atoms with Crippen LogP contribution in [0.4, 0.5) is 0 Å². The van der Waals surface area contributed by atoms with E-state index in [-0.39, 0.29) is 41.3 Å². The molecule has 0 bridgehead atoms. The predicted octanol–water partition coefficient (Wildman–Crippen LogP) is 1.02. The lowest BCUT2D eigenvalue weighted by Crippen LogP contribution is -2.45. The van der Waals surface area contributed by atoms with E-state index in [2.05, 4.69) is 11.3 Å². The summed E-state index contributed by atoms with van der Waals surface area (Å²) in [5, 5.41) is 0. The van der Waals surface area contributed by atoms with Crippen molar-refractivity contribution in [2.75, 3.05) is 39.8 Å². The Balaban J connectivity index is 1.97. The van der Waals surface area contributed by atoms with Gasteiger partial charge in [0.25, 0.3) is 5.91 Å². The highest BCUT2D eigenvalue weighted by molar-refractivity contribution is 7.89. The number of carbonyl (C=O) groups is 3. The van der Waals surface area contributed by atoms with Crippen LogP contribution < -0.4 is 4.72 Å². The van der Waals surface area contributed by atoms with Crippen molar-refractivity contribution >= 4 is 27.8 Å². The first-order valence-corrected chi connectivity index (χ1v) is 11.6. The number of nitrogens with one attached hydrogen (secondary N) is 1. The van der Waals surface area contributed by atoms with Gasteiger partial charge in [-0.1, -0.05) is 12.1 Å². The maximum Gasteiger partial charge on any atom is 0.309 e. The van der Waals surface area contributed by atoms with Crippen LogP contribution in [0.2, 0.25) is 0 Å². The summed E-state index contributed by atoms with van der Waals surface area (Å²) in [5.74, 6) is -1.13. The molecule has 0 unspecified atom stereocenters. The smallest absolute Gasteiger partial charge is 0.309 e. The molecule has 10 heteroatoms. The third kappa shape index (κ3) is 6.63. The van der Waals surface area contributed by atoms with Crippen molar-refractivity contribution in [1.29, 1.82) is 0 Å². The lowest BCUT2D eigenvalue weighted by Gasteiger charge is -2.32. The van der Waals surface area contributed by atoms with Crippen molar-refractivity contribution in [2.45, 2.75) is 24.7 Å². The van der Waals surface area contributed by atoms with Crippen LogP contribution in [-0.2, 0) is 24.3 Å². The van der Waals surface area contributed by atoms with Crippen LogP contribution >= 0.6 is 0 Å². The number of esters is 1. The lowest BCUT2D eigenvalue weighted by atomic mass is 9.97. The Morgan fingerprint density at radius 3 is 2.58 bits per heavy atom. The van der Waals surface area contributed by atoms with Gasteiger partial charge < -0.3 is 14.5 Å². The van der Waals surface area contributed by atoms with Gasteiger partial charge in [0.05, 0.1) is 24.0 Å². The summed E-state index contributed by atoms with van der Waals surface area (Å²) in [6.07, 6.45) is 2.47. The first-order chi connectivity index (χ1) is 14.7. The summed E-state index contributed by atoms with van der Waals surface area (Å²) in [6.45, 7) is 6.33. The molecular formula is C21H29N3O6S. The van der Waals surface area contributed by atoms with Crippen LogP contribution in [0.1, 0.15) is 30.1 Å². The Hall–Kier alpha value is -2.72. The van der Waals surface area contributed by atoms with Gasteiger partial charge in [0.2, 0.25) is 15.9 Å². The Bertz CT molecular complexity index is 923. The van der Waals surface area contributed by atoms with Crippen molar-refractivity contribution in [1.82, 2.24) is 14.5 Å². The van der Waals surface area contributed by atoms with Gasteiger partial charge in [-0.25, -0.2) is 13.1 Å². The molecule has 2 rings (SSSR count). The summed E-state index contributed by atoms with van der Waals surface area (Å²) < 4.78 is 31.9. The zero-order valence-electron chi connectivity index (χ0n) is 17.9. The van der Waals surface area contributed by atoms with E-state index in [1.54, 1.807) is 11.8 Å². The summed E-state index contributed by atoms with van der Waals surface area (Å²) >= 11 is 0. The predicted molar refractivity (Wildman–Crippen MR) is 115 cm³/mol. The molecule has 1 N–H and O–H groups in total. The van der Waals surface area contributed by atoms with Crippen LogP contribution in [-0.4, -0.2) is 75.8 Å². The number of hydrogen-bond donors (Lipinski definition) is 1. The standard InChI is InChI=1S/C21H29N3O6S/c1-4-11-22-31(28,29)18-8-6-7-17(14-18)20(26)23(3)15-19(25)24-12-9-16(10-13-24)21(27)30-5-2/h4,6-8,14,16,22H,1,5,9-13,15H2,2-3H3. The van der Waals surface area contributed by atoms with Crippen molar-refractivity contribution in [3.63, 3.8) is 0 Å². The van der Waals surface area contributed by atoms with Crippen LogP contribution in [0, 0.1) is 5.92 Å². The Kier molecular flexibility index (Phi) is 8.76. The minimum Gasteiger partial charge on any atom is -0.466 e. The SMILES string of the molecule is C=CCNS(=O)(=O)c1cccc(C(=O)N(C)CC(=O)N2CCC(C(=O)OCC)CC2)c1. The Labute approximate surface area is 183 Å². The second-order valence-corrected chi connectivity index (χ2v) is 9.00. The lowest BCUT2D eigenvalue weighted by molar-refractivity contribution is -0.151. The Morgan fingerprint density at radius 2 is 1.97 bits per heavy atom. The third-order valence-corrected chi connectivity index (χ3v) is 6.42. The second-order valence-electron chi connectivity index (χ2n) is 7.24. The highest BCUT2D eigenvalue weighted by Gasteiger charge is 2.29. The molecule has 1 aromatic carbocycles. The molecule has 1 aromatic rings. The fraction of sp³-hybridized carbons (Fsp3) is 0.476. The zero-order chi connectivity index (χ0) is 23.0. The zero-order valence-corrected chi connectivity index (χ0v) is 18.7. The summed E-state index contributed by atoms with van der Waals surface area (Å²) in [6, 6.07) is 5.65. The number of amides is 2. The molecule has 0 saturated carbocycles. The second kappa shape index (κ2) is 11.1. The first kappa shape index (κ1) is 24.5. The Morgan fingerprint density at radius 1 is 1.29 bits per heavy atom. The molecule has 31 heavy (non-hydrogen) atoms. The van der Waals surface area contributed by atoms with Crippen LogP contribution in [0.3, 0.4) is 0 Å². The number of likely N-dealkylation sites (N-methyl/N-ethyl adjacent to an activating group) is 1. The number of likely N-dealkylation sites (tertiary alicyclic amines) is 1. The number of rotatable bonds is 9. The monoisotopic (exact) mass is 451 g/mol. The number of benzene rings is 1. The van der Waals surface area contributed by atoms with Gasteiger partial charge in [-0.2, -0.15) is 0 Å². The molecule has 0 aromatic heterocycles. The molecular weight excluding hydrogens is 422 g/mol. The van der Waals surface area contributed by atoms with Crippen molar-refractivity contribution in [2.24, 2.45) is 5.92 Å². The molecule has 1 fully saturated rings. The van der Waals surface area contributed by atoms with E-state index in [4.69, 9.17) is 4.74 Å². The van der Waals surface area contributed by atoms with E-state index in [1.165, 1.54) is 42.3 Å². The van der Waals surface area contributed by atoms with Gasteiger partial charge in [0.15, 0.2) is 0 Å². The molecule has 0 aliphatic carbocycles. The highest BCUT2D eigenvalue weighted by atomic mass is 32.2. The molecule has 1 aliphatic rings. The molecule has 1 heterocycles. The molecule has 1 saturated heterocycles.